The second-order valence-electron chi connectivity index (χ2n) is 4.11. The molecule has 2 rings (SSSR count). The number of sulfonamides is 1. The number of rotatable bonds is 5. The van der Waals surface area contributed by atoms with Gasteiger partial charge in [0.05, 0.1) is 11.2 Å². The second kappa shape index (κ2) is 5.90. The molecule has 4 nitrogen and oxygen atoms in total. The van der Waals surface area contributed by atoms with Gasteiger partial charge in [-0.1, -0.05) is 15.9 Å². The lowest BCUT2D eigenvalue weighted by atomic mass is 10.3. The van der Waals surface area contributed by atoms with Gasteiger partial charge in [0, 0.05) is 24.5 Å². The normalized spacial score (nSPS) is 11.9. The Labute approximate surface area is 121 Å². The van der Waals surface area contributed by atoms with Crippen molar-refractivity contribution in [3.8, 4) is 0 Å². The fraction of sp³-hybridized carbons (Fsp3) is 0.231. The third-order valence-corrected chi connectivity index (χ3v) is 5.17. The summed E-state index contributed by atoms with van der Waals surface area (Å²) in [4.78, 5) is 0.289. The molecule has 0 saturated heterocycles. The van der Waals surface area contributed by atoms with Crippen LogP contribution in [0.4, 0.5) is 0 Å². The molecule has 0 unspecified atom stereocenters. The maximum atomic E-state index is 12.3. The Morgan fingerprint density at radius 2 is 1.89 bits per heavy atom. The summed E-state index contributed by atoms with van der Waals surface area (Å²) in [5.74, 6) is 0.776. The van der Waals surface area contributed by atoms with E-state index in [1.165, 1.54) is 4.31 Å². The van der Waals surface area contributed by atoms with Crippen molar-refractivity contribution < 1.29 is 12.8 Å². The van der Waals surface area contributed by atoms with Crippen molar-refractivity contribution in [3.05, 3.63) is 52.9 Å². The summed E-state index contributed by atoms with van der Waals surface area (Å²) in [5.41, 5.74) is 0. The molecule has 0 fully saturated rings. The van der Waals surface area contributed by atoms with E-state index >= 15 is 0 Å². The zero-order valence-corrected chi connectivity index (χ0v) is 12.8. The highest BCUT2D eigenvalue weighted by molar-refractivity contribution is 9.10. The first-order chi connectivity index (χ1) is 9.00. The summed E-state index contributed by atoms with van der Waals surface area (Å²) >= 11 is 3.29. The van der Waals surface area contributed by atoms with Gasteiger partial charge >= 0.3 is 0 Å². The van der Waals surface area contributed by atoms with E-state index in [9.17, 15) is 8.42 Å². The Morgan fingerprint density at radius 1 is 1.21 bits per heavy atom. The minimum absolute atomic E-state index is 0.289. The van der Waals surface area contributed by atoms with Gasteiger partial charge in [0.2, 0.25) is 10.0 Å². The Hall–Kier alpha value is -1.11. The summed E-state index contributed by atoms with van der Waals surface area (Å²) in [6, 6.07) is 10.2. The standard InChI is InChI=1S/C13H14BrNO3S/c1-15(9-8-12-3-2-10-18-12)19(16,17)13-6-4-11(14)5-7-13/h2-7,10H,8-9H2,1H3. The van der Waals surface area contributed by atoms with E-state index in [1.54, 1.807) is 43.6 Å². The maximum absolute atomic E-state index is 12.3. The predicted molar refractivity (Wildman–Crippen MR) is 76.4 cm³/mol. The van der Waals surface area contributed by atoms with Gasteiger partial charge < -0.3 is 4.42 Å². The monoisotopic (exact) mass is 343 g/mol. The fourth-order valence-electron chi connectivity index (χ4n) is 1.63. The molecule has 102 valence electrons. The average molecular weight is 344 g/mol. The molecular formula is C13H14BrNO3S. The van der Waals surface area contributed by atoms with Crippen molar-refractivity contribution in [1.29, 1.82) is 0 Å². The molecule has 0 aliphatic heterocycles. The predicted octanol–water partition coefficient (Wildman–Crippen LogP) is 2.91. The van der Waals surface area contributed by atoms with E-state index in [-0.39, 0.29) is 4.90 Å². The van der Waals surface area contributed by atoms with E-state index in [0.717, 1.165) is 10.2 Å². The van der Waals surface area contributed by atoms with Gasteiger partial charge in [-0.2, -0.15) is 0 Å². The molecule has 0 aliphatic carbocycles. The van der Waals surface area contributed by atoms with Crippen LogP contribution in [0.5, 0.6) is 0 Å². The van der Waals surface area contributed by atoms with Crippen LogP contribution in [0.3, 0.4) is 0 Å². The number of halogens is 1. The van der Waals surface area contributed by atoms with Crippen LogP contribution in [-0.4, -0.2) is 26.3 Å². The van der Waals surface area contributed by atoms with E-state index in [0.29, 0.717) is 13.0 Å². The first-order valence-electron chi connectivity index (χ1n) is 5.74. The van der Waals surface area contributed by atoms with Crippen molar-refractivity contribution in [2.24, 2.45) is 0 Å². The number of hydrogen-bond donors (Lipinski definition) is 0. The molecule has 1 heterocycles. The number of nitrogens with zero attached hydrogens (tertiary/aromatic N) is 1. The summed E-state index contributed by atoms with van der Waals surface area (Å²) in [6.07, 6.45) is 2.14. The Kier molecular flexibility index (Phi) is 4.44. The molecule has 0 saturated carbocycles. The number of likely N-dealkylation sites (N-methyl/N-ethyl adjacent to an activating group) is 1. The molecule has 0 aliphatic rings. The largest absolute Gasteiger partial charge is 0.469 e. The molecule has 0 bridgehead atoms. The fourth-order valence-corrected chi connectivity index (χ4v) is 3.07. The third-order valence-electron chi connectivity index (χ3n) is 2.78. The number of furan rings is 1. The van der Waals surface area contributed by atoms with Crippen molar-refractivity contribution in [2.45, 2.75) is 11.3 Å². The van der Waals surface area contributed by atoms with Crippen LogP contribution in [0.15, 0.2) is 56.4 Å². The third kappa shape index (κ3) is 3.46. The summed E-state index contributed by atoms with van der Waals surface area (Å²) in [5, 5.41) is 0. The summed E-state index contributed by atoms with van der Waals surface area (Å²) < 4.78 is 31.9. The molecule has 2 aromatic rings. The zero-order chi connectivity index (χ0) is 13.9. The highest BCUT2D eigenvalue weighted by Gasteiger charge is 2.20. The van der Waals surface area contributed by atoms with Gasteiger partial charge in [-0.25, -0.2) is 12.7 Å². The van der Waals surface area contributed by atoms with Crippen LogP contribution in [-0.2, 0) is 16.4 Å². The summed E-state index contributed by atoms with van der Waals surface area (Å²) in [6.45, 7) is 0.381. The van der Waals surface area contributed by atoms with Crippen LogP contribution in [0.1, 0.15) is 5.76 Å². The Bertz CT molecular complexity index is 620. The smallest absolute Gasteiger partial charge is 0.242 e. The quantitative estimate of drug-likeness (QED) is 0.838. The van der Waals surface area contributed by atoms with Crippen LogP contribution < -0.4 is 0 Å². The minimum Gasteiger partial charge on any atom is -0.469 e. The molecule has 0 amide bonds. The van der Waals surface area contributed by atoms with Crippen LogP contribution in [0, 0.1) is 0 Å². The van der Waals surface area contributed by atoms with E-state index in [4.69, 9.17) is 4.42 Å². The topological polar surface area (TPSA) is 50.5 Å². The lowest BCUT2D eigenvalue weighted by Crippen LogP contribution is -2.28. The first kappa shape index (κ1) is 14.3. The van der Waals surface area contributed by atoms with Crippen molar-refractivity contribution in [2.75, 3.05) is 13.6 Å². The molecule has 0 radical (unpaired) electrons. The average Bonchev–Trinajstić information content (AvgIpc) is 2.89. The summed E-state index contributed by atoms with van der Waals surface area (Å²) in [7, 11) is -1.87. The molecule has 1 aromatic heterocycles. The van der Waals surface area contributed by atoms with Crippen LogP contribution >= 0.6 is 15.9 Å². The van der Waals surface area contributed by atoms with Crippen molar-refractivity contribution in [3.63, 3.8) is 0 Å². The first-order valence-corrected chi connectivity index (χ1v) is 7.98. The molecule has 0 N–H and O–H groups in total. The lowest BCUT2D eigenvalue weighted by molar-refractivity contribution is 0.441. The van der Waals surface area contributed by atoms with Gasteiger partial charge in [-0.15, -0.1) is 0 Å². The zero-order valence-electron chi connectivity index (χ0n) is 10.4. The van der Waals surface area contributed by atoms with Gasteiger partial charge in [0.25, 0.3) is 0 Å². The highest BCUT2D eigenvalue weighted by Crippen LogP contribution is 2.18. The minimum atomic E-state index is -3.44. The lowest BCUT2D eigenvalue weighted by Gasteiger charge is -2.16. The van der Waals surface area contributed by atoms with E-state index in [1.807, 2.05) is 6.07 Å². The second-order valence-corrected chi connectivity index (χ2v) is 7.07. The maximum Gasteiger partial charge on any atom is 0.242 e. The number of hydrogen-bond acceptors (Lipinski definition) is 3. The molecule has 1 aromatic carbocycles. The van der Waals surface area contributed by atoms with E-state index in [2.05, 4.69) is 15.9 Å². The molecular weight excluding hydrogens is 330 g/mol. The van der Waals surface area contributed by atoms with Crippen LogP contribution in [0.2, 0.25) is 0 Å². The van der Waals surface area contributed by atoms with Gasteiger partial charge in [0.1, 0.15) is 5.76 Å². The van der Waals surface area contributed by atoms with E-state index < -0.39 is 10.0 Å². The highest BCUT2D eigenvalue weighted by atomic mass is 79.9. The van der Waals surface area contributed by atoms with Gasteiger partial charge in [0.15, 0.2) is 0 Å². The molecule has 0 spiro atoms. The Morgan fingerprint density at radius 3 is 2.47 bits per heavy atom. The SMILES string of the molecule is CN(CCc1ccco1)S(=O)(=O)c1ccc(Br)cc1. The van der Waals surface area contributed by atoms with Crippen molar-refractivity contribution in [1.82, 2.24) is 4.31 Å². The molecule has 6 heteroatoms. The number of benzene rings is 1. The molecule has 19 heavy (non-hydrogen) atoms. The van der Waals surface area contributed by atoms with Crippen molar-refractivity contribution >= 4 is 26.0 Å². The molecule has 0 atom stereocenters. The van der Waals surface area contributed by atoms with Gasteiger partial charge in [-0.05, 0) is 36.4 Å². The van der Waals surface area contributed by atoms with Gasteiger partial charge in [-0.3, -0.25) is 0 Å². The van der Waals surface area contributed by atoms with Crippen LogP contribution in [0.25, 0.3) is 0 Å². The Balaban J connectivity index is 2.08.